The van der Waals surface area contributed by atoms with E-state index in [0.717, 1.165) is 35.5 Å². The van der Waals surface area contributed by atoms with Crippen molar-refractivity contribution in [3.05, 3.63) is 70.9 Å². The van der Waals surface area contributed by atoms with Crippen molar-refractivity contribution >= 4 is 11.2 Å². The third kappa shape index (κ3) is 5.45. The summed E-state index contributed by atoms with van der Waals surface area (Å²) in [4.78, 5) is 5.66. The minimum atomic E-state index is -1.13. The molecule has 0 fully saturated rings. The summed E-state index contributed by atoms with van der Waals surface area (Å²) in [6, 6.07) is 16.0. The van der Waals surface area contributed by atoms with E-state index in [1.165, 1.54) is 16.7 Å². The van der Waals surface area contributed by atoms with E-state index in [0.29, 0.717) is 17.3 Å². The maximum absolute atomic E-state index is 12.1. The summed E-state index contributed by atoms with van der Waals surface area (Å²) in [7, 11) is 0. The quantitative estimate of drug-likeness (QED) is 0.359. The topological polar surface area (TPSA) is 54.4 Å². The molecule has 1 aromatic heterocycles. The highest BCUT2D eigenvalue weighted by Crippen LogP contribution is 2.34. The number of aromatic nitrogens is 1. The molecule has 0 bridgehead atoms. The Morgan fingerprint density at radius 3 is 2.22 bits per heavy atom. The zero-order chi connectivity index (χ0) is 23.3. The number of hydrogen-bond acceptors (Lipinski definition) is 4. The van der Waals surface area contributed by atoms with Crippen molar-refractivity contribution in [2.75, 3.05) is 6.26 Å². The SMILES string of the molecule is CCc1cccc(CC)c1-c1cc(OC(C)C)c(COc2ccccc2[S+](C)[O-])c(C)n1. The molecule has 0 N–H and O–H groups in total. The van der Waals surface area contributed by atoms with Gasteiger partial charge in [-0.1, -0.05) is 44.2 Å². The van der Waals surface area contributed by atoms with Gasteiger partial charge in [0.2, 0.25) is 0 Å². The minimum Gasteiger partial charge on any atom is -0.612 e. The highest BCUT2D eigenvalue weighted by Gasteiger charge is 2.19. The maximum atomic E-state index is 12.1. The first-order valence-corrected chi connectivity index (χ1v) is 12.7. The van der Waals surface area contributed by atoms with Crippen LogP contribution in [0.2, 0.25) is 0 Å². The van der Waals surface area contributed by atoms with Gasteiger partial charge in [-0.25, -0.2) is 0 Å². The summed E-state index contributed by atoms with van der Waals surface area (Å²) in [6.07, 6.45) is 3.57. The molecule has 0 saturated heterocycles. The summed E-state index contributed by atoms with van der Waals surface area (Å²) in [5.74, 6) is 1.41. The van der Waals surface area contributed by atoms with Crippen LogP contribution in [0.5, 0.6) is 11.5 Å². The largest absolute Gasteiger partial charge is 0.612 e. The van der Waals surface area contributed by atoms with E-state index in [4.69, 9.17) is 14.5 Å². The van der Waals surface area contributed by atoms with Gasteiger partial charge in [0.1, 0.15) is 18.6 Å². The monoisotopic (exact) mass is 451 g/mol. The summed E-state index contributed by atoms with van der Waals surface area (Å²) < 4.78 is 24.4. The zero-order valence-corrected chi connectivity index (χ0v) is 20.7. The number of pyridine rings is 1. The van der Waals surface area contributed by atoms with Crippen LogP contribution in [0.15, 0.2) is 53.4 Å². The molecule has 32 heavy (non-hydrogen) atoms. The molecule has 3 rings (SSSR count). The van der Waals surface area contributed by atoms with Crippen LogP contribution < -0.4 is 9.47 Å². The van der Waals surface area contributed by atoms with Gasteiger partial charge in [0.25, 0.3) is 0 Å². The number of ether oxygens (including phenoxy) is 2. The molecular formula is C27H33NO3S. The smallest absolute Gasteiger partial charge is 0.194 e. The second kappa shape index (κ2) is 10.9. The second-order valence-corrected chi connectivity index (χ2v) is 9.43. The van der Waals surface area contributed by atoms with Gasteiger partial charge < -0.3 is 14.0 Å². The Hall–Kier alpha value is -2.50. The van der Waals surface area contributed by atoms with E-state index in [1.807, 2.05) is 51.1 Å². The van der Waals surface area contributed by atoms with Gasteiger partial charge in [0.05, 0.1) is 17.4 Å². The fourth-order valence-electron chi connectivity index (χ4n) is 3.86. The molecule has 0 aliphatic heterocycles. The van der Waals surface area contributed by atoms with Crippen LogP contribution in [0.4, 0.5) is 0 Å². The van der Waals surface area contributed by atoms with Gasteiger partial charge in [0, 0.05) is 17.3 Å². The molecule has 3 aromatic rings. The predicted molar refractivity (Wildman–Crippen MR) is 132 cm³/mol. The second-order valence-electron chi connectivity index (χ2n) is 8.08. The van der Waals surface area contributed by atoms with Crippen molar-refractivity contribution in [1.82, 2.24) is 4.98 Å². The summed E-state index contributed by atoms with van der Waals surface area (Å²) in [6.45, 7) is 10.7. The number of aryl methyl sites for hydroxylation is 3. The third-order valence-electron chi connectivity index (χ3n) is 5.44. The van der Waals surface area contributed by atoms with Crippen LogP contribution in [0, 0.1) is 6.92 Å². The fraction of sp³-hybridized carbons (Fsp3) is 0.370. The van der Waals surface area contributed by atoms with Crippen molar-refractivity contribution in [2.24, 2.45) is 0 Å². The van der Waals surface area contributed by atoms with Crippen molar-refractivity contribution < 1.29 is 14.0 Å². The Morgan fingerprint density at radius 2 is 1.62 bits per heavy atom. The number of benzene rings is 2. The van der Waals surface area contributed by atoms with Gasteiger partial charge >= 0.3 is 0 Å². The van der Waals surface area contributed by atoms with Gasteiger partial charge in [0.15, 0.2) is 10.6 Å². The lowest BCUT2D eigenvalue weighted by Gasteiger charge is -2.20. The number of nitrogens with zero attached hydrogens (tertiary/aromatic N) is 1. The third-order valence-corrected chi connectivity index (χ3v) is 6.40. The van der Waals surface area contributed by atoms with Crippen molar-refractivity contribution in [2.45, 2.75) is 65.1 Å². The standard InChI is InChI=1S/C27H33NO3S/c1-7-20-12-11-13-21(8-2)27(20)23-16-25(31-18(3)4)22(19(5)28-23)17-30-24-14-9-10-15-26(24)32(6)29/h9-16,18H,7-8,17H2,1-6H3. The summed E-state index contributed by atoms with van der Waals surface area (Å²) in [5.41, 5.74) is 6.50. The molecule has 0 aliphatic carbocycles. The molecule has 1 unspecified atom stereocenters. The van der Waals surface area contributed by atoms with E-state index < -0.39 is 11.2 Å². The molecule has 0 radical (unpaired) electrons. The minimum absolute atomic E-state index is 0.0193. The Morgan fingerprint density at radius 1 is 0.969 bits per heavy atom. The Labute approximate surface area is 195 Å². The average molecular weight is 452 g/mol. The molecule has 2 aromatic carbocycles. The lowest BCUT2D eigenvalue weighted by atomic mass is 9.94. The Balaban J connectivity index is 2.04. The van der Waals surface area contributed by atoms with Crippen LogP contribution in [-0.2, 0) is 30.6 Å². The van der Waals surface area contributed by atoms with Gasteiger partial charge in [-0.15, -0.1) is 0 Å². The van der Waals surface area contributed by atoms with E-state index in [9.17, 15) is 4.55 Å². The molecule has 0 spiro atoms. The van der Waals surface area contributed by atoms with Crippen LogP contribution in [-0.4, -0.2) is 21.9 Å². The number of rotatable bonds is 9. The number of para-hydroxylation sites is 1. The number of hydrogen-bond donors (Lipinski definition) is 0. The van der Waals surface area contributed by atoms with Crippen LogP contribution in [0.25, 0.3) is 11.3 Å². The molecule has 0 aliphatic rings. The lowest BCUT2D eigenvalue weighted by Crippen LogP contribution is -2.12. The molecule has 1 atom stereocenters. The highest BCUT2D eigenvalue weighted by atomic mass is 32.2. The zero-order valence-electron chi connectivity index (χ0n) is 19.9. The average Bonchev–Trinajstić information content (AvgIpc) is 2.77. The lowest BCUT2D eigenvalue weighted by molar-refractivity contribution is 0.228. The van der Waals surface area contributed by atoms with Gasteiger partial charge in [-0.3, -0.25) is 4.98 Å². The molecule has 170 valence electrons. The summed E-state index contributed by atoms with van der Waals surface area (Å²) >= 11 is -1.13. The highest BCUT2D eigenvalue weighted by molar-refractivity contribution is 7.90. The predicted octanol–water partition coefficient (Wildman–Crippen LogP) is 6.29. The normalized spacial score (nSPS) is 12.1. The maximum Gasteiger partial charge on any atom is 0.194 e. The molecule has 4 nitrogen and oxygen atoms in total. The molecule has 1 heterocycles. The van der Waals surface area contributed by atoms with E-state index in [2.05, 4.69) is 32.0 Å². The molecular weight excluding hydrogens is 418 g/mol. The molecule has 0 amide bonds. The first-order chi connectivity index (χ1) is 15.3. The Bertz CT molecular complexity index is 1040. The van der Waals surface area contributed by atoms with E-state index in [1.54, 1.807) is 6.26 Å². The van der Waals surface area contributed by atoms with Crippen LogP contribution >= 0.6 is 0 Å². The van der Waals surface area contributed by atoms with E-state index in [-0.39, 0.29) is 6.10 Å². The van der Waals surface area contributed by atoms with E-state index >= 15 is 0 Å². The van der Waals surface area contributed by atoms with Crippen LogP contribution in [0.3, 0.4) is 0 Å². The van der Waals surface area contributed by atoms with Gasteiger partial charge in [-0.2, -0.15) is 0 Å². The molecule has 5 heteroatoms. The van der Waals surface area contributed by atoms with Crippen molar-refractivity contribution in [3.8, 4) is 22.8 Å². The fourth-order valence-corrected chi connectivity index (χ4v) is 4.54. The Kier molecular flexibility index (Phi) is 8.21. The summed E-state index contributed by atoms with van der Waals surface area (Å²) in [5, 5.41) is 0. The van der Waals surface area contributed by atoms with Crippen molar-refractivity contribution in [1.29, 1.82) is 0 Å². The van der Waals surface area contributed by atoms with Crippen molar-refractivity contribution in [3.63, 3.8) is 0 Å². The molecule has 0 saturated carbocycles. The first-order valence-electron chi connectivity index (χ1n) is 11.2. The first kappa shape index (κ1) is 24.1. The van der Waals surface area contributed by atoms with Gasteiger partial charge in [-0.05, 0) is 68.0 Å². The van der Waals surface area contributed by atoms with Crippen LogP contribution in [0.1, 0.15) is 50.1 Å².